The summed E-state index contributed by atoms with van der Waals surface area (Å²) in [5.74, 6) is 3.67. The molecule has 0 spiro atoms. The molecule has 6 rings (SSSR count). The van der Waals surface area contributed by atoms with Crippen molar-refractivity contribution >= 4 is 17.3 Å². The van der Waals surface area contributed by atoms with Gasteiger partial charge in [0.2, 0.25) is 0 Å². The lowest BCUT2D eigenvalue weighted by atomic mass is 9.68. The van der Waals surface area contributed by atoms with Crippen LogP contribution in [0.5, 0.6) is 11.5 Å². The van der Waals surface area contributed by atoms with Crippen molar-refractivity contribution in [2.75, 3.05) is 24.9 Å². The van der Waals surface area contributed by atoms with E-state index in [2.05, 4.69) is 53.1 Å². The average Bonchev–Trinajstić information content (AvgIpc) is 3.51. The van der Waals surface area contributed by atoms with Gasteiger partial charge in [0.05, 0.1) is 25.9 Å². The maximum absolute atomic E-state index is 13.2. The fraction of sp³-hybridized carbons (Fsp3) is 0.345. The van der Waals surface area contributed by atoms with Crippen LogP contribution in [0.4, 0.5) is 11.4 Å². The van der Waals surface area contributed by atoms with Crippen molar-refractivity contribution < 1.29 is 14.3 Å². The summed E-state index contributed by atoms with van der Waals surface area (Å²) in [4.78, 5) is 13.2. The predicted molar refractivity (Wildman–Crippen MR) is 134 cm³/mol. The monoisotopic (exact) mass is 454 g/mol. The van der Waals surface area contributed by atoms with Gasteiger partial charge in [0.15, 0.2) is 0 Å². The molecule has 5 atom stereocenters. The molecule has 2 saturated carbocycles. The number of hydrogen-bond donors (Lipinski definition) is 2. The summed E-state index contributed by atoms with van der Waals surface area (Å²) >= 11 is 0. The van der Waals surface area contributed by atoms with E-state index in [9.17, 15) is 4.79 Å². The highest BCUT2D eigenvalue weighted by atomic mass is 16.5. The van der Waals surface area contributed by atoms with Crippen LogP contribution in [0.15, 0.2) is 66.7 Å². The van der Waals surface area contributed by atoms with Crippen molar-refractivity contribution in [1.29, 1.82) is 0 Å². The number of carbonyl (C=O) groups excluding carboxylic acids is 1. The minimum Gasteiger partial charge on any atom is -0.497 e. The van der Waals surface area contributed by atoms with E-state index < -0.39 is 0 Å². The summed E-state index contributed by atoms with van der Waals surface area (Å²) in [6.45, 7) is 0. The summed E-state index contributed by atoms with van der Waals surface area (Å²) in [7, 11) is 3.20. The molecule has 174 valence electrons. The second kappa shape index (κ2) is 8.39. The summed E-state index contributed by atoms with van der Waals surface area (Å²) in [6.07, 6.45) is 3.93. The van der Waals surface area contributed by atoms with E-state index in [1.165, 1.54) is 36.1 Å². The molecule has 2 fully saturated rings. The number of rotatable bonds is 5. The molecule has 5 heteroatoms. The standard InChI is InChI=1S/C29H30N2O3/c1-33-21-11-13-24(25(16-21)34-2)31-29(32)20-10-12-23-22(15-20)26-18-8-9-19(14-18)27(26)28(30-23)17-6-4-3-5-7-17/h3-7,10-13,15-16,18-19,26-28,30H,8-9,14H2,1-2H3,(H,31,32)/t18-,19-,26-,27+,28-/m0/s1. The molecule has 3 aromatic carbocycles. The maximum Gasteiger partial charge on any atom is 0.255 e. The predicted octanol–water partition coefficient (Wildman–Crippen LogP) is 6.25. The van der Waals surface area contributed by atoms with Crippen LogP contribution >= 0.6 is 0 Å². The Kier molecular flexibility index (Phi) is 5.20. The van der Waals surface area contributed by atoms with E-state index in [0.717, 1.165) is 5.92 Å². The normalized spacial score (nSPS) is 26.2. The van der Waals surface area contributed by atoms with Crippen LogP contribution < -0.4 is 20.1 Å². The summed E-state index contributed by atoms with van der Waals surface area (Å²) in [5, 5.41) is 6.87. The van der Waals surface area contributed by atoms with Gasteiger partial charge in [-0.05, 0) is 84.4 Å². The number of benzene rings is 3. The van der Waals surface area contributed by atoms with Crippen molar-refractivity contribution in [1.82, 2.24) is 0 Å². The Morgan fingerprint density at radius 1 is 0.941 bits per heavy atom. The van der Waals surface area contributed by atoms with Crippen LogP contribution in [0.25, 0.3) is 0 Å². The molecule has 2 N–H and O–H groups in total. The van der Waals surface area contributed by atoms with Crippen LogP contribution in [0.1, 0.15) is 52.7 Å². The highest BCUT2D eigenvalue weighted by Crippen LogP contribution is 2.63. The number of anilines is 2. The number of fused-ring (bicyclic) bond motifs is 7. The Balaban J connectivity index is 1.32. The molecular formula is C29H30N2O3. The van der Waals surface area contributed by atoms with Crippen LogP contribution in [0.3, 0.4) is 0 Å². The van der Waals surface area contributed by atoms with Gasteiger partial charge in [-0.15, -0.1) is 0 Å². The van der Waals surface area contributed by atoms with Gasteiger partial charge in [-0.3, -0.25) is 4.79 Å². The second-order valence-electron chi connectivity index (χ2n) is 9.79. The molecule has 2 aliphatic carbocycles. The second-order valence-corrected chi connectivity index (χ2v) is 9.79. The van der Waals surface area contributed by atoms with E-state index in [4.69, 9.17) is 9.47 Å². The van der Waals surface area contributed by atoms with Gasteiger partial charge in [0, 0.05) is 17.3 Å². The van der Waals surface area contributed by atoms with E-state index in [0.29, 0.717) is 46.5 Å². The van der Waals surface area contributed by atoms with E-state index in [1.54, 1.807) is 20.3 Å². The largest absolute Gasteiger partial charge is 0.497 e. The first kappa shape index (κ1) is 21.1. The maximum atomic E-state index is 13.2. The first-order chi connectivity index (χ1) is 16.7. The fourth-order valence-corrected chi connectivity index (χ4v) is 6.71. The quantitative estimate of drug-likeness (QED) is 0.478. The molecule has 3 aromatic rings. The molecule has 34 heavy (non-hydrogen) atoms. The zero-order valence-corrected chi connectivity index (χ0v) is 19.6. The number of ether oxygens (including phenoxy) is 2. The van der Waals surface area contributed by atoms with Gasteiger partial charge < -0.3 is 20.1 Å². The van der Waals surface area contributed by atoms with Gasteiger partial charge in [0.1, 0.15) is 11.5 Å². The summed E-state index contributed by atoms with van der Waals surface area (Å²) in [6, 6.07) is 22.7. The minimum atomic E-state index is -0.129. The van der Waals surface area contributed by atoms with Gasteiger partial charge in [-0.2, -0.15) is 0 Å². The number of hydrogen-bond acceptors (Lipinski definition) is 4. The van der Waals surface area contributed by atoms with Crippen LogP contribution in [-0.4, -0.2) is 20.1 Å². The Hall–Kier alpha value is -3.47. The molecular weight excluding hydrogens is 424 g/mol. The molecule has 0 aromatic heterocycles. The molecule has 3 aliphatic rings. The zero-order chi connectivity index (χ0) is 23.2. The highest BCUT2D eigenvalue weighted by molar-refractivity contribution is 6.05. The third-order valence-electron chi connectivity index (χ3n) is 8.16. The highest BCUT2D eigenvalue weighted by Gasteiger charge is 2.53. The fourth-order valence-electron chi connectivity index (χ4n) is 6.71. The smallest absolute Gasteiger partial charge is 0.255 e. The average molecular weight is 455 g/mol. The van der Waals surface area contributed by atoms with E-state index in [-0.39, 0.29) is 5.91 Å². The van der Waals surface area contributed by atoms with Crippen molar-refractivity contribution in [2.45, 2.75) is 31.2 Å². The molecule has 1 heterocycles. The van der Waals surface area contributed by atoms with Crippen molar-refractivity contribution in [3.63, 3.8) is 0 Å². The Bertz CT molecular complexity index is 1230. The van der Waals surface area contributed by atoms with Crippen LogP contribution in [-0.2, 0) is 0 Å². The Labute approximate surface area is 200 Å². The molecule has 5 nitrogen and oxygen atoms in total. The third-order valence-corrected chi connectivity index (χ3v) is 8.16. The molecule has 0 radical (unpaired) electrons. The van der Waals surface area contributed by atoms with Crippen molar-refractivity contribution in [3.8, 4) is 11.5 Å². The zero-order valence-electron chi connectivity index (χ0n) is 19.6. The lowest BCUT2D eigenvalue weighted by Gasteiger charge is -2.43. The van der Waals surface area contributed by atoms with E-state index >= 15 is 0 Å². The lowest BCUT2D eigenvalue weighted by molar-refractivity contribution is 0.102. The SMILES string of the molecule is COc1ccc(NC(=O)c2ccc3c(c2)[C@@H]2[C@H]4CC[C@@H](C4)[C@H]2[C@H](c2ccccc2)N3)c(OC)c1. The molecule has 2 bridgehead atoms. The number of methoxy groups -OCH3 is 2. The van der Waals surface area contributed by atoms with Gasteiger partial charge in [-0.1, -0.05) is 30.3 Å². The minimum absolute atomic E-state index is 0.129. The number of carbonyl (C=O) groups is 1. The number of nitrogens with one attached hydrogen (secondary N) is 2. The molecule has 1 amide bonds. The van der Waals surface area contributed by atoms with Gasteiger partial charge >= 0.3 is 0 Å². The molecule has 1 aliphatic heterocycles. The first-order valence-electron chi connectivity index (χ1n) is 12.1. The first-order valence-corrected chi connectivity index (χ1v) is 12.1. The van der Waals surface area contributed by atoms with Crippen LogP contribution in [0, 0.1) is 17.8 Å². The van der Waals surface area contributed by atoms with E-state index in [1.807, 2.05) is 18.2 Å². The third kappa shape index (κ3) is 3.42. The van der Waals surface area contributed by atoms with Crippen LogP contribution in [0.2, 0.25) is 0 Å². The molecule has 0 saturated heterocycles. The summed E-state index contributed by atoms with van der Waals surface area (Å²) in [5.41, 5.74) is 5.15. The topological polar surface area (TPSA) is 59.6 Å². The van der Waals surface area contributed by atoms with Crippen molar-refractivity contribution in [2.24, 2.45) is 17.8 Å². The van der Waals surface area contributed by atoms with Gasteiger partial charge in [0.25, 0.3) is 5.91 Å². The molecule has 0 unspecified atom stereocenters. The lowest BCUT2D eigenvalue weighted by Crippen LogP contribution is -2.35. The van der Waals surface area contributed by atoms with Crippen molar-refractivity contribution in [3.05, 3.63) is 83.4 Å². The number of amides is 1. The summed E-state index contributed by atoms with van der Waals surface area (Å²) < 4.78 is 10.7. The van der Waals surface area contributed by atoms with Gasteiger partial charge in [-0.25, -0.2) is 0 Å². The Morgan fingerprint density at radius 2 is 1.76 bits per heavy atom. The Morgan fingerprint density at radius 3 is 2.56 bits per heavy atom.